The van der Waals surface area contributed by atoms with Crippen LogP contribution in [0.25, 0.3) is 0 Å². The first-order valence-electron chi connectivity index (χ1n) is 5.99. The van der Waals surface area contributed by atoms with Gasteiger partial charge in [0, 0.05) is 0 Å². The number of rotatable bonds is 1. The molecule has 0 spiro atoms. The molecule has 2 saturated heterocycles. The van der Waals surface area contributed by atoms with Crippen LogP contribution < -0.4 is 0 Å². The van der Waals surface area contributed by atoms with Gasteiger partial charge in [0.2, 0.25) is 0 Å². The predicted octanol–water partition coefficient (Wildman–Crippen LogP) is 1.29. The number of hydrogen-bond acceptors (Lipinski definition) is 5. The van der Waals surface area contributed by atoms with Crippen molar-refractivity contribution in [2.75, 3.05) is 26.6 Å². The van der Waals surface area contributed by atoms with Crippen molar-refractivity contribution < 1.29 is 24.1 Å². The van der Waals surface area contributed by atoms with Crippen LogP contribution in [0.3, 0.4) is 0 Å². The van der Waals surface area contributed by atoms with Gasteiger partial charge in [-0.15, -0.1) is 0 Å². The van der Waals surface area contributed by atoms with Gasteiger partial charge in [-0.05, 0) is 34.1 Å². The quantitative estimate of drug-likeness (QED) is 0.757. The molecule has 1 N–H and O–H groups in total. The van der Waals surface area contributed by atoms with Crippen molar-refractivity contribution in [2.24, 2.45) is 0 Å². The molecular formula is C12H24O5. The monoisotopic (exact) mass is 248 g/mol. The molecule has 0 aliphatic carbocycles. The van der Waals surface area contributed by atoms with Gasteiger partial charge < -0.3 is 24.1 Å². The van der Waals surface area contributed by atoms with Gasteiger partial charge in [0.25, 0.3) is 0 Å². The number of hydrogen-bond donors (Lipinski definition) is 1. The largest absolute Gasteiger partial charge is 0.394 e. The Bertz CT molecular complexity index is 219. The summed E-state index contributed by atoms with van der Waals surface area (Å²) >= 11 is 0. The maximum atomic E-state index is 8.59. The summed E-state index contributed by atoms with van der Waals surface area (Å²) < 4.78 is 20.6. The van der Waals surface area contributed by atoms with E-state index < -0.39 is 5.79 Å². The molecular weight excluding hydrogens is 224 g/mol. The van der Waals surface area contributed by atoms with Gasteiger partial charge in [-0.25, -0.2) is 0 Å². The van der Waals surface area contributed by atoms with Gasteiger partial charge in [0.1, 0.15) is 12.9 Å². The highest BCUT2D eigenvalue weighted by Crippen LogP contribution is 2.21. The van der Waals surface area contributed by atoms with E-state index in [1.165, 1.54) is 0 Å². The maximum absolute atomic E-state index is 8.59. The minimum atomic E-state index is -0.493. The zero-order valence-electron chi connectivity index (χ0n) is 11.2. The Balaban J connectivity index is 0.000000171. The smallest absolute Gasteiger partial charge is 0.163 e. The lowest BCUT2D eigenvalue weighted by molar-refractivity contribution is -0.178. The van der Waals surface area contributed by atoms with Crippen LogP contribution in [0.5, 0.6) is 0 Å². The first-order valence-corrected chi connectivity index (χ1v) is 5.99. The minimum absolute atomic E-state index is 0.0451. The molecule has 2 aliphatic rings. The lowest BCUT2D eigenvalue weighted by Crippen LogP contribution is -2.32. The third-order valence-electron chi connectivity index (χ3n) is 2.65. The molecule has 102 valence electrons. The Morgan fingerprint density at radius 3 is 2.12 bits per heavy atom. The molecule has 2 aliphatic heterocycles. The molecule has 2 fully saturated rings. The van der Waals surface area contributed by atoms with Crippen molar-refractivity contribution in [1.29, 1.82) is 0 Å². The summed E-state index contributed by atoms with van der Waals surface area (Å²) in [6, 6.07) is 0. The molecule has 1 atom stereocenters. The zero-order chi connectivity index (χ0) is 12.9. The van der Waals surface area contributed by atoms with Crippen LogP contribution in [0.4, 0.5) is 0 Å². The Morgan fingerprint density at radius 2 is 1.88 bits per heavy atom. The van der Waals surface area contributed by atoms with Gasteiger partial charge >= 0.3 is 0 Å². The van der Waals surface area contributed by atoms with Crippen LogP contribution in [0.2, 0.25) is 0 Å². The van der Waals surface area contributed by atoms with E-state index in [-0.39, 0.29) is 18.3 Å². The minimum Gasteiger partial charge on any atom is -0.394 e. The van der Waals surface area contributed by atoms with Gasteiger partial charge in [-0.1, -0.05) is 0 Å². The summed E-state index contributed by atoms with van der Waals surface area (Å²) in [5.74, 6) is -0.493. The van der Waals surface area contributed by atoms with E-state index >= 15 is 0 Å². The molecule has 5 nitrogen and oxygen atoms in total. The van der Waals surface area contributed by atoms with E-state index in [0.29, 0.717) is 13.4 Å². The zero-order valence-corrected chi connectivity index (χ0v) is 11.2. The summed E-state index contributed by atoms with van der Waals surface area (Å²) in [4.78, 5) is 0. The van der Waals surface area contributed by atoms with Crippen LogP contribution in [0.15, 0.2) is 0 Å². The average molecular weight is 248 g/mol. The highest BCUT2D eigenvalue weighted by atomic mass is 16.7. The summed E-state index contributed by atoms with van der Waals surface area (Å²) in [5, 5.41) is 8.59. The van der Waals surface area contributed by atoms with E-state index in [0.717, 1.165) is 13.0 Å². The Hall–Kier alpha value is -0.200. The standard InChI is InChI=1S/C6H12O3.C6H12O2/c1-6(2)8-4-5(3-7)9-6;1-6(2)3-4-7-5-8-6/h5,7H,3-4H2,1-2H3;3-5H2,1-2H3. The highest BCUT2D eigenvalue weighted by molar-refractivity contribution is 4.69. The number of aliphatic hydroxyl groups excluding tert-OH is 1. The fraction of sp³-hybridized carbons (Fsp3) is 1.00. The van der Waals surface area contributed by atoms with Gasteiger partial charge in [-0.3, -0.25) is 0 Å². The van der Waals surface area contributed by atoms with E-state index in [1.807, 2.05) is 13.8 Å². The van der Waals surface area contributed by atoms with E-state index in [2.05, 4.69) is 13.8 Å². The van der Waals surface area contributed by atoms with Gasteiger partial charge in [0.15, 0.2) is 5.79 Å². The summed E-state index contributed by atoms with van der Waals surface area (Å²) in [7, 11) is 0. The van der Waals surface area contributed by atoms with Crippen LogP contribution in [-0.4, -0.2) is 49.2 Å². The van der Waals surface area contributed by atoms with E-state index in [1.54, 1.807) is 0 Å². The fourth-order valence-corrected chi connectivity index (χ4v) is 1.50. The van der Waals surface area contributed by atoms with Crippen molar-refractivity contribution in [2.45, 2.75) is 51.6 Å². The lowest BCUT2D eigenvalue weighted by Gasteiger charge is -2.29. The third-order valence-corrected chi connectivity index (χ3v) is 2.65. The third kappa shape index (κ3) is 5.79. The molecule has 0 radical (unpaired) electrons. The molecule has 17 heavy (non-hydrogen) atoms. The summed E-state index contributed by atoms with van der Waals surface area (Å²) in [5.41, 5.74) is 0.0538. The Labute approximate surface area is 103 Å². The summed E-state index contributed by atoms with van der Waals surface area (Å²) in [6.45, 7) is 9.68. The molecule has 0 amide bonds. The van der Waals surface area contributed by atoms with Crippen LogP contribution in [0.1, 0.15) is 34.1 Å². The lowest BCUT2D eigenvalue weighted by atomic mass is 10.1. The topological polar surface area (TPSA) is 57.2 Å². The predicted molar refractivity (Wildman–Crippen MR) is 62.6 cm³/mol. The molecule has 0 aromatic heterocycles. The van der Waals surface area contributed by atoms with Crippen LogP contribution in [-0.2, 0) is 18.9 Å². The number of ether oxygens (including phenoxy) is 4. The molecule has 0 bridgehead atoms. The molecule has 2 heterocycles. The number of aliphatic hydroxyl groups is 1. The Kier molecular flexibility index (Phi) is 5.34. The van der Waals surface area contributed by atoms with Crippen LogP contribution in [0, 0.1) is 0 Å². The second-order valence-corrected chi connectivity index (χ2v) is 5.31. The van der Waals surface area contributed by atoms with Gasteiger partial charge in [-0.2, -0.15) is 0 Å². The van der Waals surface area contributed by atoms with Crippen molar-refractivity contribution in [3.05, 3.63) is 0 Å². The molecule has 0 aromatic rings. The van der Waals surface area contributed by atoms with Crippen LogP contribution >= 0.6 is 0 Å². The molecule has 1 unspecified atom stereocenters. The summed E-state index contributed by atoms with van der Waals surface area (Å²) in [6.07, 6.45) is 0.882. The molecule has 0 saturated carbocycles. The maximum Gasteiger partial charge on any atom is 0.163 e. The average Bonchev–Trinajstić information content (AvgIpc) is 2.59. The first kappa shape index (κ1) is 14.9. The van der Waals surface area contributed by atoms with Crippen molar-refractivity contribution in [3.63, 3.8) is 0 Å². The highest BCUT2D eigenvalue weighted by Gasteiger charge is 2.31. The fourth-order valence-electron chi connectivity index (χ4n) is 1.50. The molecule has 2 rings (SSSR count). The van der Waals surface area contributed by atoms with Crippen molar-refractivity contribution in [1.82, 2.24) is 0 Å². The second-order valence-electron chi connectivity index (χ2n) is 5.31. The SMILES string of the molecule is CC1(C)CCOCO1.CC1(C)OCC(CO)O1. The van der Waals surface area contributed by atoms with Crippen molar-refractivity contribution >= 4 is 0 Å². The van der Waals surface area contributed by atoms with Crippen molar-refractivity contribution in [3.8, 4) is 0 Å². The van der Waals surface area contributed by atoms with Gasteiger partial charge in [0.05, 0.1) is 25.4 Å². The first-order chi connectivity index (χ1) is 7.85. The molecule has 5 heteroatoms. The Morgan fingerprint density at radius 1 is 1.18 bits per heavy atom. The second kappa shape index (κ2) is 6.11. The van der Waals surface area contributed by atoms with E-state index in [9.17, 15) is 0 Å². The molecule has 0 aromatic carbocycles. The normalized spacial score (nSPS) is 30.5. The van der Waals surface area contributed by atoms with E-state index in [4.69, 9.17) is 24.1 Å².